The lowest BCUT2D eigenvalue weighted by molar-refractivity contribution is -0.139. The second-order valence-corrected chi connectivity index (χ2v) is 6.02. The van der Waals surface area contributed by atoms with Gasteiger partial charge in [-0.05, 0) is 40.2 Å². The Morgan fingerprint density at radius 2 is 2.00 bits per heavy atom. The van der Waals surface area contributed by atoms with E-state index in [2.05, 4.69) is 5.32 Å². The van der Waals surface area contributed by atoms with Crippen molar-refractivity contribution in [3.63, 3.8) is 0 Å². The van der Waals surface area contributed by atoms with Gasteiger partial charge in [-0.2, -0.15) is 0 Å². The summed E-state index contributed by atoms with van der Waals surface area (Å²) in [6.07, 6.45) is 3.09. The van der Waals surface area contributed by atoms with E-state index in [0.717, 1.165) is 25.8 Å². The first-order valence-corrected chi connectivity index (χ1v) is 6.55. The molecule has 0 bridgehead atoms. The van der Waals surface area contributed by atoms with Crippen molar-refractivity contribution in [3.8, 4) is 0 Å². The number of amides is 1. The molecule has 2 N–H and O–H groups in total. The second kappa shape index (κ2) is 6.18. The minimum Gasteiger partial charge on any atom is -0.481 e. The molecular formula is C13H24N2O3. The lowest BCUT2D eigenvalue weighted by Crippen LogP contribution is -2.50. The number of hydrogen-bond donors (Lipinski definition) is 2. The van der Waals surface area contributed by atoms with E-state index in [0.29, 0.717) is 6.54 Å². The third-order valence-corrected chi connectivity index (χ3v) is 3.02. The van der Waals surface area contributed by atoms with Crippen LogP contribution in [0.2, 0.25) is 0 Å². The first kappa shape index (κ1) is 15.0. The van der Waals surface area contributed by atoms with Gasteiger partial charge in [0.1, 0.15) is 0 Å². The van der Waals surface area contributed by atoms with Crippen molar-refractivity contribution in [3.05, 3.63) is 0 Å². The topological polar surface area (TPSA) is 69.6 Å². The highest BCUT2D eigenvalue weighted by molar-refractivity contribution is 5.79. The van der Waals surface area contributed by atoms with Crippen molar-refractivity contribution in [2.75, 3.05) is 13.1 Å². The molecule has 1 aliphatic heterocycles. The largest absolute Gasteiger partial charge is 0.481 e. The number of piperidine rings is 1. The zero-order chi connectivity index (χ0) is 13.8. The molecule has 104 valence electrons. The summed E-state index contributed by atoms with van der Waals surface area (Å²) >= 11 is 0. The second-order valence-electron chi connectivity index (χ2n) is 6.02. The summed E-state index contributed by atoms with van der Waals surface area (Å²) in [6, 6.07) is 0.00182. The molecule has 1 unspecified atom stereocenters. The summed E-state index contributed by atoms with van der Waals surface area (Å²) in [5.74, 6) is -0.817. The maximum Gasteiger partial charge on any atom is 0.304 e. The van der Waals surface area contributed by atoms with E-state index in [9.17, 15) is 9.59 Å². The van der Waals surface area contributed by atoms with Gasteiger partial charge in [0.15, 0.2) is 0 Å². The Balaban J connectivity index is 2.51. The van der Waals surface area contributed by atoms with Gasteiger partial charge in [-0.15, -0.1) is 0 Å². The van der Waals surface area contributed by atoms with Gasteiger partial charge in [-0.3, -0.25) is 14.5 Å². The minimum absolute atomic E-state index is 0.00182. The first-order valence-electron chi connectivity index (χ1n) is 6.55. The van der Waals surface area contributed by atoms with E-state index in [1.165, 1.54) is 0 Å². The molecule has 1 fully saturated rings. The van der Waals surface area contributed by atoms with Crippen LogP contribution in [0.4, 0.5) is 0 Å². The molecule has 0 aromatic rings. The minimum atomic E-state index is -0.789. The Hall–Kier alpha value is -1.10. The van der Waals surface area contributed by atoms with Gasteiger partial charge in [-0.1, -0.05) is 6.42 Å². The van der Waals surface area contributed by atoms with E-state index in [-0.39, 0.29) is 23.9 Å². The number of likely N-dealkylation sites (tertiary alicyclic amines) is 1. The maximum absolute atomic E-state index is 11.9. The summed E-state index contributed by atoms with van der Waals surface area (Å²) in [7, 11) is 0. The van der Waals surface area contributed by atoms with Crippen LogP contribution in [0.25, 0.3) is 0 Å². The molecule has 0 aromatic carbocycles. The van der Waals surface area contributed by atoms with E-state index in [4.69, 9.17) is 5.11 Å². The fourth-order valence-electron chi connectivity index (χ4n) is 2.34. The van der Waals surface area contributed by atoms with Crippen LogP contribution in [0.3, 0.4) is 0 Å². The zero-order valence-corrected chi connectivity index (χ0v) is 11.5. The predicted octanol–water partition coefficient (Wildman–Crippen LogP) is 1.23. The molecule has 0 aliphatic carbocycles. The average Bonchev–Trinajstić information content (AvgIpc) is 2.17. The highest BCUT2D eigenvalue weighted by atomic mass is 16.4. The normalized spacial score (nSPS) is 21.6. The molecule has 0 aromatic heterocycles. The average molecular weight is 256 g/mol. The Morgan fingerprint density at radius 1 is 1.33 bits per heavy atom. The van der Waals surface area contributed by atoms with Crippen molar-refractivity contribution < 1.29 is 14.7 Å². The highest BCUT2D eigenvalue weighted by Crippen LogP contribution is 2.19. The highest BCUT2D eigenvalue weighted by Gasteiger charge is 2.27. The van der Waals surface area contributed by atoms with Gasteiger partial charge in [0.2, 0.25) is 5.91 Å². The van der Waals surface area contributed by atoms with Crippen LogP contribution in [0, 0.1) is 0 Å². The van der Waals surface area contributed by atoms with Crippen LogP contribution in [-0.2, 0) is 9.59 Å². The lowest BCUT2D eigenvalue weighted by Gasteiger charge is -2.35. The quantitative estimate of drug-likeness (QED) is 0.793. The summed E-state index contributed by atoms with van der Waals surface area (Å²) in [6.45, 7) is 6.94. The predicted molar refractivity (Wildman–Crippen MR) is 69.4 cm³/mol. The van der Waals surface area contributed by atoms with E-state index in [1.54, 1.807) is 0 Å². The number of nitrogens with one attached hydrogen (secondary N) is 1. The van der Waals surface area contributed by atoms with E-state index in [1.807, 2.05) is 25.7 Å². The molecule has 0 saturated carbocycles. The molecular weight excluding hydrogens is 232 g/mol. The Kier molecular flexibility index (Phi) is 5.14. The van der Waals surface area contributed by atoms with Crippen LogP contribution < -0.4 is 5.32 Å². The van der Waals surface area contributed by atoms with Crippen LogP contribution in [-0.4, -0.2) is 46.6 Å². The number of aliphatic carboxylic acids is 1. The number of carbonyl (C=O) groups is 2. The number of carboxylic acids is 1. The molecule has 0 spiro atoms. The summed E-state index contributed by atoms with van der Waals surface area (Å²) < 4.78 is 0. The Labute approximate surface area is 109 Å². The van der Waals surface area contributed by atoms with Crippen molar-refractivity contribution in [1.82, 2.24) is 10.2 Å². The molecule has 1 saturated heterocycles. The van der Waals surface area contributed by atoms with Crippen LogP contribution >= 0.6 is 0 Å². The summed E-state index contributed by atoms with van der Waals surface area (Å²) in [5, 5.41) is 11.8. The summed E-state index contributed by atoms with van der Waals surface area (Å²) in [5.41, 5.74) is -0.241. The number of rotatable bonds is 4. The SMILES string of the molecule is CC(C)(C)NC(=O)CN1CCCCC1CC(=O)O. The molecule has 1 rings (SSSR count). The van der Waals surface area contributed by atoms with Gasteiger partial charge in [0.25, 0.3) is 0 Å². The lowest BCUT2D eigenvalue weighted by atomic mass is 9.99. The summed E-state index contributed by atoms with van der Waals surface area (Å²) in [4.78, 5) is 24.7. The third-order valence-electron chi connectivity index (χ3n) is 3.02. The fourth-order valence-corrected chi connectivity index (χ4v) is 2.34. The Morgan fingerprint density at radius 3 is 2.56 bits per heavy atom. The Bertz CT molecular complexity index is 310. The molecule has 5 heteroatoms. The van der Waals surface area contributed by atoms with Crippen LogP contribution in [0.1, 0.15) is 46.5 Å². The van der Waals surface area contributed by atoms with E-state index >= 15 is 0 Å². The zero-order valence-electron chi connectivity index (χ0n) is 11.5. The van der Waals surface area contributed by atoms with Crippen LogP contribution in [0.5, 0.6) is 0 Å². The number of carboxylic acid groups (broad SMARTS) is 1. The number of hydrogen-bond acceptors (Lipinski definition) is 3. The third kappa shape index (κ3) is 5.49. The molecule has 1 atom stereocenters. The van der Waals surface area contributed by atoms with E-state index < -0.39 is 5.97 Å². The first-order chi connectivity index (χ1) is 8.28. The molecule has 0 radical (unpaired) electrons. The molecule has 1 heterocycles. The van der Waals surface area contributed by atoms with Gasteiger partial charge < -0.3 is 10.4 Å². The van der Waals surface area contributed by atoms with Crippen molar-refractivity contribution in [2.45, 2.75) is 58.0 Å². The van der Waals surface area contributed by atoms with Crippen LogP contribution in [0.15, 0.2) is 0 Å². The van der Waals surface area contributed by atoms with Crippen molar-refractivity contribution >= 4 is 11.9 Å². The number of carbonyl (C=O) groups excluding carboxylic acids is 1. The van der Waals surface area contributed by atoms with Gasteiger partial charge >= 0.3 is 5.97 Å². The van der Waals surface area contributed by atoms with Crippen molar-refractivity contribution in [2.24, 2.45) is 0 Å². The van der Waals surface area contributed by atoms with Crippen molar-refractivity contribution in [1.29, 1.82) is 0 Å². The molecule has 5 nitrogen and oxygen atoms in total. The number of nitrogens with zero attached hydrogens (tertiary/aromatic N) is 1. The smallest absolute Gasteiger partial charge is 0.304 e. The van der Waals surface area contributed by atoms with Gasteiger partial charge in [-0.25, -0.2) is 0 Å². The maximum atomic E-state index is 11.9. The van der Waals surface area contributed by atoms with Gasteiger partial charge in [0.05, 0.1) is 13.0 Å². The molecule has 1 amide bonds. The molecule has 18 heavy (non-hydrogen) atoms. The molecule has 1 aliphatic rings. The fraction of sp³-hybridized carbons (Fsp3) is 0.846. The standard InChI is InChI=1S/C13H24N2O3/c1-13(2,3)14-11(16)9-15-7-5-4-6-10(15)8-12(17)18/h10H,4-9H2,1-3H3,(H,14,16)(H,17,18). The van der Waals surface area contributed by atoms with Gasteiger partial charge in [0, 0.05) is 11.6 Å². The monoisotopic (exact) mass is 256 g/mol.